The lowest BCUT2D eigenvalue weighted by molar-refractivity contribution is -0.123. The second-order valence-corrected chi connectivity index (χ2v) is 6.32. The maximum atomic E-state index is 12.4. The van der Waals surface area contributed by atoms with Crippen molar-refractivity contribution in [3.8, 4) is 0 Å². The van der Waals surface area contributed by atoms with Crippen molar-refractivity contribution in [3.05, 3.63) is 34.4 Å². The highest BCUT2D eigenvalue weighted by atomic mass is 16.6. The molecule has 1 aliphatic carbocycles. The summed E-state index contributed by atoms with van der Waals surface area (Å²) < 4.78 is 0. The summed E-state index contributed by atoms with van der Waals surface area (Å²) in [6.45, 7) is 8.59. The van der Waals surface area contributed by atoms with E-state index in [4.69, 9.17) is 15.0 Å². The van der Waals surface area contributed by atoms with E-state index in [1.54, 1.807) is 0 Å². The van der Waals surface area contributed by atoms with Gasteiger partial charge >= 0.3 is 6.16 Å². The molecule has 4 nitrogen and oxygen atoms in total. The summed E-state index contributed by atoms with van der Waals surface area (Å²) in [6.07, 6.45) is 2.35. The van der Waals surface area contributed by atoms with Crippen molar-refractivity contribution in [3.63, 3.8) is 0 Å². The Labute approximate surface area is 132 Å². The van der Waals surface area contributed by atoms with Crippen molar-refractivity contribution in [2.75, 3.05) is 0 Å². The Kier molecular flexibility index (Phi) is 6.60. The van der Waals surface area contributed by atoms with Gasteiger partial charge in [0, 0.05) is 12.3 Å². The zero-order chi connectivity index (χ0) is 16.9. The molecular weight excluding hydrogens is 280 g/mol. The lowest BCUT2D eigenvalue weighted by Gasteiger charge is -2.16. The third-order valence-corrected chi connectivity index (χ3v) is 4.47. The fraction of sp³-hybridized carbons (Fsp3) is 0.556. The molecule has 122 valence electrons. The summed E-state index contributed by atoms with van der Waals surface area (Å²) in [5.41, 5.74) is 5.08. The maximum Gasteiger partial charge on any atom is 0.503 e. The third-order valence-electron chi connectivity index (χ3n) is 4.47. The van der Waals surface area contributed by atoms with Gasteiger partial charge in [0.15, 0.2) is 0 Å². The molecule has 0 amide bonds. The van der Waals surface area contributed by atoms with E-state index in [0.717, 1.165) is 6.42 Å². The van der Waals surface area contributed by atoms with Crippen LogP contribution >= 0.6 is 0 Å². The maximum absolute atomic E-state index is 12.4. The van der Waals surface area contributed by atoms with E-state index in [0.29, 0.717) is 24.0 Å². The van der Waals surface area contributed by atoms with Crippen molar-refractivity contribution in [1.82, 2.24) is 0 Å². The normalized spacial score (nSPS) is 20.2. The highest BCUT2D eigenvalue weighted by Gasteiger charge is 2.29. The van der Waals surface area contributed by atoms with Gasteiger partial charge in [-0.25, -0.2) is 4.79 Å². The van der Waals surface area contributed by atoms with E-state index < -0.39 is 6.16 Å². The van der Waals surface area contributed by atoms with Crippen LogP contribution in [0.4, 0.5) is 4.79 Å². The highest BCUT2D eigenvalue weighted by Crippen LogP contribution is 2.33. The van der Waals surface area contributed by atoms with E-state index in [1.165, 1.54) is 35.1 Å². The number of rotatable bonds is 3. The Bertz CT molecular complexity index is 521. The van der Waals surface area contributed by atoms with Crippen LogP contribution in [0.2, 0.25) is 0 Å². The van der Waals surface area contributed by atoms with Gasteiger partial charge in [-0.05, 0) is 56.2 Å². The van der Waals surface area contributed by atoms with Crippen molar-refractivity contribution in [2.45, 2.75) is 53.4 Å². The van der Waals surface area contributed by atoms with Gasteiger partial charge < -0.3 is 10.2 Å². The molecule has 0 heterocycles. The third kappa shape index (κ3) is 5.17. The average Bonchev–Trinajstić information content (AvgIpc) is 2.79. The predicted octanol–water partition coefficient (Wildman–Crippen LogP) is 4.38. The van der Waals surface area contributed by atoms with Crippen molar-refractivity contribution < 1.29 is 19.8 Å². The molecule has 22 heavy (non-hydrogen) atoms. The van der Waals surface area contributed by atoms with Gasteiger partial charge in [-0.1, -0.05) is 31.0 Å². The van der Waals surface area contributed by atoms with E-state index in [1.807, 2.05) is 0 Å². The van der Waals surface area contributed by atoms with Gasteiger partial charge in [-0.2, -0.15) is 0 Å². The smallest absolute Gasteiger partial charge is 0.450 e. The number of hydrogen-bond acceptors (Lipinski definition) is 2. The van der Waals surface area contributed by atoms with E-state index in [2.05, 4.69) is 39.8 Å². The molecule has 0 aromatic heterocycles. The van der Waals surface area contributed by atoms with Crippen molar-refractivity contribution in [1.29, 1.82) is 0 Å². The molecule has 0 bridgehead atoms. The number of hydrogen-bond donors (Lipinski definition) is 2. The lowest BCUT2D eigenvalue weighted by atomic mass is 9.87. The first-order valence-electron chi connectivity index (χ1n) is 7.73. The van der Waals surface area contributed by atoms with Gasteiger partial charge in [0.05, 0.1) is 0 Å². The van der Waals surface area contributed by atoms with Crippen LogP contribution in [-0.2, 0) is 11.2 Å². The van der Waals surface area contributed by atoms with Gasteiger partial charge in [0.1, 0.15) is 5.78 Å². The van der Waals surface area contributed by atoms with Crippen LogP contribution in [0.15, 0.2) is 12.1 Å². The van der Waals surface area contributed by atoms with Gasteiger partial charge in [-0.3, -0.25) is 4.79 Å². The van der Waals surface area contributed by atoms with Crippen LogP contribution in [-0.4, -0.2) is 22.2 Å². The first-order valence-corrected chi connectivity index (χ1v) is 7.73. The second-order valence-electron chi connectivity index (χ2n) is 6.32. The predicted molar refractivity (Wildman–Crippen MR) is 86.5 cm³/mol. The molecule has 0 spiro atoms. The van der Waals surface area contributed by atoms with Crippen LogP contribution in [0, 0.1) is 32.6 Å². The van der Waals surface area contributed by atoms with Crippen LogP contribution in [0.25, 0.3) is 0 Å². The average molecular weight is 306 g/mol. The number of carboxylic acid groups (broad SMARTS) is 2. The van der Waals surface area contributed by atoms with Gasteiger partial charge in [0.2, 0.25) is 0 Å². The molecule has 1 saturated carbocycles. The summed E-state index contributed by atoms with van der Waals surface area (Å²) in [5.74, 6) is 1.35. The zero-order valence-corrected chi connectivity index (χ0v) is 13.8. The molecule has 2 atom stereocenters. The van der Waals surface area contributed by atoms with Crippen molar-refractivity contribution in [2.24, 2.45) is 11.8 Å². The van der Waals surface area contributed by atoms with Gasteiger partial charge in [0.25, 0.3) is 0 Å². The summed E-state index contributed by atoms with van der Waals surface area (Å²) in [7, 11) is 0. The standard InChI is InChI=1S/C17H24O.CH2O3/c1-11-8-13(3)16(14(4)9-11)10-17(18)15-7-5-6-12(15)2;2-1(3)4/h8-9,12,15H,5-7,10H2,1-4H3;(H2,2,3,4). The van der Waals surface area contributed by atoms with Crippen LogP contribution in [0.5, 0.6) is 0 Å². The molecule has 4 heteroatoms. The minimum Gasteiger partial charge on any atom is -0.450 e. The molecule has 2 unspecified atom stereocenters. The molecule has 1 aliphatic rings. The summed E-state index contributed by atoms with van der Waals surface area (Å²) in [4.78, 5) is 21.0. The molecule has 1 aromatic rings. The van der Waals surface area contributed by atoms with E-state index in [-0.39, 0.29) is 0 Å². The quantitative estimate of drug-likeness (QED) is 0.869. The number of carbonyl (C=O) groups excluding carboxylic acids is 1. The van der Waals surface area contributed by atoms with Gasteiger partial charge in [-0.15, -0.1) is 0 Å². The highest BCUT2D eigenvalue weighted by molar-refractivity contribution is 5.84. The number of benzene rings is 1. The summed E-state index contributed by atoms with van der Waals surface area (Å²) >= 11 is 0. The molecule has 1 fully saturated rings. The molecule has 2 rings (SSSR count). The number of aryl methyl sites for hydroxylation is 3. The first-order chi connectivity index (χ1) is 10.2. The molecule has 0 radical (unpaired) electrons. The number of carbonyl (C=O) groups is 2. The Morgan fingerprint density at radius 1 is 1.09 bits per heavy atom. The molecule has 2 N–H and O–H groups in total. The number of ketones is 1. The summed E-state index contributed by atoms with van der Waals surface area (Å²) in [6, 6.07) is 4.38. The molecule has 0 saturated heterocycles. The van der Waals surface area contributed by atoms with Crippen molar-refractivity contribution >= 4 is 11.9 Å². The SMILES string of the molecule is Cc1cc(C)c(CC(=O)C2CCCC2C)c(C)c1.O=C(O)O. The molecular formula is C18H26O4. The lowest BCUT2D eigenvalue weighted by Crippen LogP contribution is -2.20. The Hall–Kier alpha value is -1.84. The zero-order valence-electron chi connectivity index (χ0n) is 13.8. The minimum atomic E-state index is -1.83. The topological polar surface area (TPSA) is 74.6 Å². The molecule has 0 aliphatic heterocycles. The monoisotopic (exact) mass is 306 g/mol. The Morgan fingerprint density at radius 2 is 1.59 bits per heavy atom. The fourth-order valence-electron chi connectivity index (χ4n) is 3.42. The largest absolute Gasteiger partial charge is 0.503 e. The minimum absolute atomic E-state index is 0.310. The van der Waals surface area contributed by atoms with Crippen LogP contribution in [0.1, 0.15) is 48.4 Å². The van der Waals surface area contributed by atoms with Crippen LogP contribution < -0.4 is 0 Å². The second kappa shape index (κ2) is 7.97. The molecule has 1 aromatic carbocycles. The Balaban J connectivity index is 0.000000541. The summed E-state index contributed by atoms with van der Waals surface area (Å²) in [5, 5.41) is 13.9. The number of Topliss-reactive ketones (excluding diaryl/α,β-unsaturated/α-hetero) is 1. The Morgan fingerprint density at radius 3 is 2.00 bits per heavy atom. The van der Waals surface area contributed by atoms with E-state index >= 15 is 0 Å². The van der Waals surface area contributed by atoms with E-state index in [9.17, 15) is 4.79 Å². The fourth-order valence-corrected chi connectivity index (χ4v) is 3.42. The van der Waals surface area contributed by atoms with Crippen LogP contribution in [0.3, 0.4) is 0 Å². The first kappa shape index (κ1) is 18.2.